The number of carbonyl (C=O) groups excluding carboxylic acids is 3. The highest BCUT2D eigenvalue weighted by Gasteiger charge is 2.53. The second kappa shape index (κ2) is 15.3. The molecule has 234 valence electrons. The average molecular weight is 599 g/mol. The van der Waals surface area contributed by atoms with Gasteiger partial charge in [-0.3, -0.25) is 14.5 Å². The van der Waals surface area contributed by atoms with Gasteiger partial charge >= 0.3 is 0 Å². The van der Waals surface area contributed by atoms with Crippen LogP contribution < -0.4 is 0 Å². The summed E-state index contributed by atoms with van der Waals surface area (Å²) in [5, 5.41) is 0. The van der Waals surface area contributed by atoms with Crippen molar-refractivity contribution >= 4 is 24.7 Å². The van der Waals surface area contributed by atoms with E-state index in [4.69, 9.17) is 4.74 Å². The monoisotopic (exact) mass is 598 g/mol. The van der Waals surface area contributed by atoms with E-state index in [-0.39, 0.29) is 12.5 Å². The molecule has 0 spiro atoms. The zero-order valence-corrected chi connectivity index (χ0v) is 25.9. The zero-order valence-electron chi connectivity index (χ0n) is 25.9. The minimum atomic E-state index is -0.762. The zero-order chi connectivity index (χ0) is 30.9. The van der Waals surface area contributed by atoms with Crippen molar-refractivity contribution in [3.63, 3.8) is 0 Å². The first-order valence-corrected chi connectivity index (χ1v) is 16.0. The van der Waals surface area contributed by atoms with Crippen molar-refractivity contribution in [2.24, 2.45) is 0 Å². The Bertz CT molecular complexity index is 1270. The van der Waals surface area contributed by atoms with E-state index < -0.39 is 24.2 Å². The van der Waals surface area contributed by atoms with Crippen LogP contribution in [-0.4, -0.2) is 102 Å². The van der Waals surface area contributed by atoms with Gasteiger partial charge in [0, 0.05) is 51.4 Å². The minimum Gasteiger partial charge on any atom is -0.382 e. The molecule has 3 fully saturated rings. The molecule has 2 aromatic carbocycles. The lowest BCUT2D eigenvalue weighted by Gasteiger charge is -2.53. The third-order valence-electron chi connectivity index (χ3n) is 9.56. The minimum absolute atomic E-state index is 0.238. The van der Waals surface area contributed by atoms with Gasteiger partial charge in [-0.15, -0.1) is 0 Å². The lowest BCUT2D eigenvalue weighted by atomic mass is 9.87. The van der Waals surface area contributed by atoms with Gasteiger partial charge in [-0.25, -0.2) is 0 Å². The smallest absolute Gasteiger partial charge is 0.249 e. The second-order valence-electron chi connectivity index (χ2n) is 12.2. The summed E-state index contributed by atoms with van der Waals surface area (Å²) in [6.45, 7) is 8.35. The molecule has 5 rings (SSSR count). The maximum atomic E-state index is 13.9. The molecule has 2 amide bonds. The number of β-lactam (4-membered cyclic amide) rings is 1. The van der Waals surface area contributed by atoms with Gasteiger partial charge in [0.1, 0.15) is 12.3 Å². The number of nitrogens with zero attached hydrogens (tertiary/aromatic N) is 4. The van der Waals surface area contributed by atoms with Crippen LogP contribution in [0, 0.1) is 0 Å². The molecule has 1 saturated carbocycles. The highest BCUT2D eigenvalue weighted by molar-refractivity contribution is 5.94. The molecule has 0 N–H and O–H groups in total. The summed E-state index contributed by atoms with van der Waals surface area (Å²) < 4.78 is 5.50. The molecule has 0 bridgehead atoms. The highest BCUT2D eigenvalue weighted by atomic mass is 16.5. The molecule has 3 aliphatic rings. The number of ether oxygens (including phenoxy) is 1. The normalized spacial score (nSPS) is 22.8. The summed E-state index contributed by atoms with van der Waals surface area (Å²) in [5.74, 6) is -0.246. The number of methoxy groups -OCH3 is 1. The molecule has 1 aliphatic carbocycles. The summed E-state index contributed by atoms with van der Waals surface area (Å²) in [7, 11) is 1.59. The number of carbonyl (C=O) groups is 3. The van der Waals surface area contributed by atoms with Crippen LogP contribution in [0.3, 0.4) is 0 Å². The quantitative estimate of drug-likeness (QED) is 0.235. The van der Waals surface area contributed by atoms with Crippen molar-refractivity contribution < 1.29 is 19.1 Å². The molecule has 2 saturated heterocycles. The number of hydrogen-bond acceptors (Lipinski definition) is 6. The number of amides is 2. The van der Waals surface area contributed by atoms with E-state index in [1.165, 1.54) is 32.1 Å². The van der Waals surface area contributed by atoms with Crippen molar-refractivity contribution in [2.75, 3.05) is 39.9 Å². The van der Waals surface area contributed by atoms with E-state index in [1.54, 1.807) is 16.9 Å². The van der Waals surface area contributed by atoms with Crippen LogP contribution in [0.2, 0.25) is 0 Å². The topological polar surface area (TPSA) is 73.4 Å². The maximum Gasteiger partial charge on any atom is 0.249 e. The average Bonchev–Trinajstić information content (AvgIpc) is 3.08. The molecular weight excluding hydrogens is 552 g/mol. The molecule has 0 aromatic heterocycles. The first-order valence-electron chi connectivity index (χ1n) is 16.0. The van der Waals surface area contributed by atoms with Crippen molar-refractivity contribution in [1.82, 2.24) is 19.6 Å². The summed E-state index contributed by atoms with van der Waals surface area (Å²) in [4.78, 5) is 47.3. The van der Waals surface area contributed by atoms with Crippen LogP contribution >= 0.6 is 0 Å². The van der Waals surface area contributed by atoms with E-state index in [9.17, 15) is 14.4 Å². The Morgan fingerprint density at radius 1 is 0.977 bits per heavy atom. The summed E-state index contributed by atoms with van der Waals surface area (Å²) >= 11 is 0. The number of aldehydes is 1. The van der Waals surface area contributed by atoms with Gasteiger partial charge in [-0.1, -0.05) is 98.7 Å². The Hall–Kier alpha value is -3.75. The number of rotatable bonds is 14. The van der Waals surface area contributed by atoms with Gasteiger partial charge in [0.15, 0.2) is 0 Å². The Kier molecular flexibility index (Phi) is 11.0. The summed E-state index contributed by atoms with van der Waals surface area (Å²) in [6.07, 6.45) is 12.4. The van der Waals surface area contributed by atoms with E-state index in [0.29, 0.717) is 12.5 Å². The van der Waals surface area contributed by atoms with Crippen molar-refractivity contribution in [1.29, 1.82) is 0 Å². The Labute approximate surface area is 261 Å². The molecule has 2 unspecified atom stereocenters. The fourth-order valence-corrected chi connectivity index (χ4v) is 7.13. The molecule has 0 radical (unpaired) electrons. The molecule has 44 heavy (non-hydrogen) atoms. The number of hydrogen-bond donors (Lipinski definition) is 0. The number of likely N-dealkylation sites (tertiary alicyclic amines) is 1. The van der Waals surface area contributed by atoms with E-state index in [0.717, 1.165) is 55.7 Å². The summed E-state index contributed by atoms with van der Waals surface area (Å²) in [5.41, 5.74) is 2.73. The van der Waals surface area contributed by atoms with Crippen molar-refractivity contribution in [3.05, 3.63) is 90.1 Å². The van der Waals surface area contributed by atoms with Gasteiger partial charge in [-0.2, -0.15) is 0 Å². The highest BCUT2D eigenvalue weighted by Crippen LogP contribution is 2.35. The van der Waals surface area contributed by atoms with Crippen molar-refractivity contribution in [2.45, 2.75) is 68.7 Å². The second-order valence-corrected chi connectivity index (χ2v) is 12.2. The fraction of sp³-hybridized carbons (Fsp3) is 0.472. The Balaban J connectivity index is 1.33. The number of piperazine rings is 1. The molecule has 4 atom stereocenters. The molecule has 2 heterocycles. The predicted molar refractivity (Wildman–Crippen MR) is 172 cm³/mol. The van der Waals surface area contributed by atoms with Crippen LogP contribution in [0.15, 0.2) is 79.0 Å². The Morgan fingerprint density at radius 2 is 1.64 bits per heavy atom. The van der Waals surface area contributed by atoms with E-state index in [2.05, 4.69) is 16.4 Å². The molecule has 8 nitrogen and oxygen atoms in total. The van der Waals surface area contributed by atoms with Gasteiger partial charge in [0.25, 0.3) is 0 Å². The molecule has 2 aliphatic heterocycles. The fourth-order valence-electron chi connectivity index (χ4n) is 7.13. The van der Waals surface area contributed by atoms with Gasteiger partial charge in [0.2, 0.25) is 12.3 Å². The molecule has 2 aromatic rings. The van der Waals surface area contributed by atoms with Crippen LogP contribution in [-0.2, 0) is 19.1 Å². The van der Waals surface area contributed by atoms with Gasteiger partial charge in [-0.05, 0) is 24.0 Å². The third-order valence-corrected chi connectivity index (χ3v) is 9.56. The van der Waals surface area contributed by atoms with Crippen molar-refractivity contribution in [3.8, 4) is 0 Å². The largest absolute Gasteiger partial charge is 0.382 e. The SMILES string of the molecule is C=C(C[C@@H](C=O)N1C(=O)C(N(C=O)[C@H](COC)c2ccccc2)C1/C=C/c1ccccc1)N1CCN(C2CCCCC2)CC1. The van der Waals surface area contributed by atoms with E-state index in [1.807, 2.05) is 72.8 Å². The van der Waals surface area contributed by atoms with E-state index >= 15 is 0 Å². The van der Waals surface area contributed by atoms with Gasteiger partial charge < -0.3 is 24.2 Å². The van der Waals surface area contributed by atoms with Crippen LogP contribution in [0.5, 0.6) is 0 Å². The summed E-state index contributed by atoms with van der Waals surface area (Å²) in [6, 6.07) is 17.7. The van der Waals surface area contributed by atoms with Gasteiger partial charge in [0.05, 0.1) is 24.7 Å². The lowest BCUT2D eigenvalue weighted by molar-refractivity contribution is -0.167. The lowest BCUT2D eigenvalue weighted by Crippen LogP contribution is -2.73. The maximum absolute atomic E-state index is 13.9. The van der Waals surface area contributed by atoms with Crippen LogP contribution in [0.4, 0.5) is 0 Å². The number of benzene rings is 2. The van der Waals surface area contributed by atoms with Crippen LogP contribution in [0.25, 0.3) is 6.08 Å². The molecule has 8 heteroatoms. The van der Waals surface area contributed by atoms with Crippen LogP contribution in [0.1, 0.15) is 55.7 Å². The third kappa shape index (κ3) is 7.13. The Morgan fingerprint density at radius 3 is 2.25 bits per heavy atom. The first kappa shape index (κ1) is 31.7. The standard InChI is InChI=1S/C36H46N4O4/c1-28(37-20-22-38(23-21-37)31-16-10-5-11-17-31)24-32(25-41)40-33(19-18-29-12-6-3-7-13-29)35(36(40)43)39(27-42)34(26-44-2)30-14-8-4-9-15-30/h3-4,6-9,12-15,18-19,25,27,31-35H,1,5,10-11,16-17,20-24,26H2,2H3/b19-18+/t32-,33?,34+,35?/m0/s1. The first-order chi connectivity index (χ1) is 21.5. The molecular formula is C36H46N4O4. The predicted octanol–water partition coefficient (Wildman–Crippen LogP) is 4.55.